The summed E-state index contributed by atoms with van der Waals surface area (Å²) in [5.74, 6) is 0.570. The SMILES string of the molecule is C=CCNC(=O)NC(=O)CSc1nnc(-c2ccc(OC)cc2)o1. The second kappa shape index (κ2) is 8.73. The molecule has 0 atom stereocenters. The lowest BCUT2D eigenvalue weighted by molar-refractivity contribution is -0.117. The van der Waals surface area contributed by atoms with Crippen LogP contribution in [0.15, 0.2) is 46.6 Å². The molecule has 0 aliphatic rings. The zero-order valence-electron chi connectivity index (χ0n) is 12.9. The van der Waals surface area contributed by atoms with Crippen molar-refractivity contribution in [3.63, 3.8) is 0 Å². The topological polar surface area (TPSA) is 106 Å². The highest BCUT2D eigenvalue weighted by molar-refractivity contribution is 7.99. The van der Waals surface area contributed by atoms with Gasteiger partial charge < -0.3 is 14.5 Å². The lowest BCUT2D eigenvalue weighted by atomic mass is 10.2. The number of ether oxygens (including phenoxy) is 1. The maximum Gasteiger partial charge on any atom is 0.321 e. The van der Waals surface area contributed by atoms with Crippen molar-refractivity contribution in [2.45, 2.75) is 5.22 Å². The number of hydrogen-bond acceptors (Lipinski definition) is 7. The first-order valence-corrected chi connectivity index (χ1v) is 7.90. The number of imide groups is 1. The number of benzene rings is 1. The van der Waals surface area contributed by atoms with E-state index in [0.29, 0.717) is 5.89 Å². The zero-order valence-corrected chi connectivity index (χ0v) is 13.8. The number of nitrogens with one attached hydrogen (secondary N) is 2. The van der Waals surface area contributed by atoms with Crippen molar-refractivity contribution in [3.8, 4) is 17.2 Å². The van der Waals surface area contributed by atoms with E-state index < -0.39 is 11.9 Å². The third-order valence-corrected chi connectivity index (χ3v) is 3.55. The summed E-state index contributed by atoms with van der Waals surface area (Å²) in [4.78, 5) is 22.9. The van der Waals surface area contributed by atoms with Crippen LogP contribution in [0.3, 0.4) is 0 Å². The average molecular weight is 348 g/mol. The van der Waals surface area contributed by atoms with Crippen LogP contribution in [-0.2, 0) is 4.79 Å². The van der Waals surface area contributed by atoms with Crippen LogP contribution in [0, 0.1) is 0 Å². The maximum absolute atomic E-state index is 11.6. The maximum atomic E-state index is 11.6. The minimum absolute atomic E-state index is 0.0221. The van der Waals surface area contributed by atoms with Gasteiger partial charge in [0.05, 0.1) is 12.9 Å². The van der Waals surface area contributed by atoms with Crippen LogP contribution in [0.5, 0.6) is 5.75 Å². The Morgan fingerprint density at radius 3 is 2.75 bits per heavy atom. The van der Waals surface area contributed by atoms with Gasteiger partial charge in [-0.3, -0.25) is 10.1 Å². The number of methoxy groups -OCH3 is 1. The molecular formula is C15H16N4O4S. The fourth-order valence-electron chi connectivity index (χ4n) is 1.62. The average Bonchev–Trinajstić information content (AvgIpc) is 3.07. The molecule has 0 saturated heterocycles. The molecule has 3 amide bonds. The van der Waals surface area contributed by atoms with Gasteiger partial charge in [0.2, 0.25) is 11.8 Å². The Morgan fingerprint density at radius 1 is 1.33 bits per heavy atom. The van der Waals surface area contributed by atoms with Crippen molar-refractivity contribution >= 4 is 23.7 Å². The van der Waals surface area contributed by atoms with Crippen LogP contribution < -0.4 is 15.4 Å². The highest BCUT2D eigenvalue weighted by atomic mass is 32.2. The Balaban J connectivity index is 1.85. The Hall–Kier alpha value is -2.81. The van der Waals surface area contributed by atoms with Crippen molar-refractivity contribution in [1.82, 2.24) is 20.8 Å². The van der Waals surface area contributed by atoms with Crippen molar-refractivity contribution in [2.24, 2.45) is 0 Å². The number of carbonyl (C=O) groups is 2. The highest BCUT2D eigenvalue weighted by Crippen LogP contribution is 2.24. The second-order valence-electron chi connectivity index (χ2n) is 4.44. The number of amides is 3. The molecule has 2 aromatic rings. The van der Waals surface area contributed by atoms with Gasteiger partial charge in [0.1, 0.15) is 5.75 Å². The van der Waals surface area contributed by atoms with Crippen molar-refractivity contribution < 1.29 is 18.7 Å². The summed E-state index contributed by atoms with van der Waals surface area (Å²) in [6, 6.07) is 6.56. The third-order valence-electron chi connectivity index (χ3n) is 2.73. The van der Waals surface area contributed by atoms with Gasteiger partial charge >= 0.3 is 6.03 Å². The van der Waals surface area contributed by atoms with Gasteiger partial charge in [-0.1, -0.05) is 17.8 Å². The van der Waals surface area contributed by atoms with Crippen molar-refractivity contribution in [1.29, 1.82) is 0 Å². The summed E-state index contributed by atoms with van der Waals surface area (Å²) in [5.41, 5.74) is 0.739. The summed E-state index contributed by atoms with van der Waals surface area (Å²) >= 11 is 1.04. The van der Waals surface area contributed by atoms with Gasteiger partial charge in [-0.2, -0.15) is 0 Å². The van der Waals surface area contributed by atoms with Crippen molar-refractivity contribution in [2.75, 3.05) is 19.4 Å². The quantitative estimate of drug-likeness (QED) is 0.581. The van der Waals surface area contributed by atoms with Gasteiger partial charge in [0, 0.05) is 12.1 Å². The normalized spacial score (nSPS) is 10.0. The summed E-state index contributed by atoms with van der Waals surface area (Å²) in [5, 5.41) is 12.6. The minimum atomic E-state index is -0.579. The van der Waals surface area contributed by atoms with E-state index in [2.05, 4.69) is 27.4 Å². The first kappa shape index (κ1) is 17.5. The molecule has 24 heavy (non-hydrogen) atoms. The number of carbonyl (C=O) groups excluding carboxylic acids is 2. The Morgan fingerprint density at radius 2 is 2.08 bits per heavy atom. The second-order valence-corrected chi connectivity index (χ2v) is 5.36. The Labute approximate surface area is 142 Å². The van der Waals surface area contributed by atoms with Crippen LogP contribution in [-0.4, -0.2) is 41.5 Å². The number of rotatable bonds is 7. The van der Waals surface area contributed by atoms with Crippen LogP contribution in [0.2, 0.25) is 0 Å². The summed E-state index contributed by atoms with van der Waals surface area (Å²) in [7, 11) is 1.58. The predicted octanol–water partition coefficient (Wildman–Crippen LogP) is 1.85. The number of nitrogens with zero attached hydrogens (tertiary/aromatic N) is 2. The molecule has 9 heteroatoms. The van der Waals surface area contributed by atoms with E-state index in [0.717, 1.165) is 23.1 Å². The summed E-state index contributed by atoms with van der Waals surface area (Å²) in [6.45, 7) is 3.74. The summed E-state index contributed by atoms with van der Waals surface area (Å²) < 4.78 is 10.5. The van der Waals surface area contributed by atoms with E-state index in [1.165, 1.54) is 6.08 Å². The molecule has 8 nitrogen and oxygen atoms in total. The monoisotopic (exact) mass is 348 g/mol. The first-order valence-electron chi connectivity index (χ1n) is 6.91. The largest absolute Gasteiger partial charge is 0.497 e. The van der Waals surface area contributed by atoms with Gasteiger partial charge in [0.15, 0.2) is 0 Å². The van der Waals surface area contributed by atoms with Gasteiger partial charge in [-0.05, 0) is 24.3 Å². The number of urea groups is 1. The molecule has 1 aromatic carbocycles. The fourth-order valence-corrected chi connectivity index (χ4v) is 2.18. The molecule has 2 N–H and O–H groups in total. The van der Waals surface area contributed by atoms with Crippen LogP contribution in [0.1, 0.15) is 0 Å². The standard InChI is InChI=1S/C15H16N4O4S/c1-3-8-16-14(21)17-12(20)9-24-15-19-18-13(23-15)10-4-6-11(22-2)7-5-10/h3-7H,1,8-9H2,2H3,(H2,16,17,20,21). The molecule has 0 radical (unpaired) electrons. The third kappa shape index (κ3) is 5.13. The molecule has 0 spiro atoms. The molecule has 0 saturated carbocycles. The lowest BCUT2D eigenvalue weighted by Gasteiger charge is -2.03. The van der Waals surface area contributed by atoms with Crippen LogP contribution in [0.4, 0.5) is 4.79 Å². The molecule has 0 aliphatic carbocycles. The molecule has 2 rings (SSSR count). The molecule has 0 bridgehead atoms. The van der Waals surface area contributed by atoms with E-state index in [4.69, 9.17) is 9.15 Å². The summed E-state index contributed by atoms with van der Waals surface area (Å²) in [6.07, 6.45) is 1.51. The van der Waals surface area contributed by atoms with E-state index in [9.17, 15) is 9.59 Å². The Kier molecular flexibility index (Phi) is 6.38. The Bertz CT molecular complexity index is 715. The molecule has 0 aliphatic heterocycles. The van der Waals surface area contributed by atoms with E-state index in [-0.39, 0.29) is 17.5 Å². The van der Waals surface area contributed by atoms with E-state index in [1.54, 1.807) is 31.4 Å². The van der Waals surface area contributed by atoms with Crippen molar-refractivity contribution in [3.05, 3.63) is 36.9 Å². The molecule has 1 heterocycles. The van der Waals surface area contributed by atoms with E-state index >= 15 is 0 Å². The van der Waals surface area contributed by atoms with Crippen LogP contribution in [0.25, 0.3) is 11.5 Å². The predicted molar refractivity (Wildman–Crippen MR) is 88.7 cm³/mol. The number of thioether (sulfide) groups is 1. The van der Waals surface area contributed by atoms with Gasteiger partial charge in [-0.25, -0.2) is 4.79 Å². The molecule has 0 fully saturated rings. The van der Waals surface area contributed by atoms with Crippen LogP contribution >= 0.6 is 11.8 Å². The van der Waals surface area contributed by atoms with Gasteiger partial charge in [-0.15, -0.1) is 16.8 Å². The number of hydrogen-bond donors (Lipinski definition) is 2. The molecule has 126 valence electrons. The van der Waals surface area contributed by atoms with E-state index in [1.807, 2.05) is 0 Å². The smallest absolute Gasteiger partial charge is 0.321 e. The highest BCUT2D eigenvalue weighted by Gasteiger charge is 2.12. The molecule has 1 aromatic heterocycles. The lowest BCUT2D eigenvalue weighted by Crippen LogP contribution is -2.40. The van der Waals surface area contributed by atoms with Gasteiger partial charge in [0.25, 0.3) is 5.22 Å². The molecular weight excluding hydrogens is 332 g/mol. The minimum Gasteiger partial charge on any atom is -0.497 e. The first-order chi connectivity index (χ1) is 11.6. The number of aromatic nitrogens is 2. The fraction of sp³-hybridized carbons (Fsp3) is 0.200. The zero-order chi connectivity index (χ0) is 17.4. The molecule has 0 unspecified atom stereocenters.